The molecule has 1 aliphatic heterocycles. The van der Waals surface area contributed by atoms with Crippen LogP contribution in [-0.4, -0.2) is 31.6 Å². The number of fused-ring (bicyclic) bond motifs is 1. The molecule has 0 bridgehead atoms. The van der Waals surface area contributed by atoms with Crippen molar-refractivity contribution in [3.8, 4) is 0 Å². The molecule has 26 heavy (non-hydrogen) atoms. The van der Waals surface area contributed by atoms with Gasteiger partial charge in [-0.25, -0.2) is 4.79 Å². The Morgan fingerprint density at radius 1 is 1.23 bits per heavy atom. The van der Waals surface area contributed by atoms with Gasteiger partial charge in [-0.05, 0) is 56.0 Å². The van der Waals surface area contributed by atoms with E-state index in [1.807, 2.05) is 19.1 Å². The number of ether oxygens (including phenoxy) is 1. The van der Waals surface area contributed by atoms with Crippen LogP contribution in [0.4, 0.5) is 11.4 Å². The van der Waals surface area contributed by atoms with Gasteiger partial charge in [0.1, 0.15) is 0 Å². The Morgan fingerprint density at radius 2 is 2.00 bits per heavy atom. The zero-order chi connectivity index (χ0) is 18.7. The highest BCUT2D eigenvalue weighted by Crippen LogP contribution is 2.30. The fraction of sp³-hybridized carbons (Fsp3) is 0.333. The largest absolute Gasteiger partial charge is 0.465 e. The number of hydrogen-bond acceptors (Lipinski definition) is 4. The first kappa shape index (κ1) is 18.0. The molecule has 3 rings (SSSR count). The average Bonchev–Trinajstić information content (AvgIpc) is 2.65. The number of aryl methyl sites for hydroxylation is 2. The zero-order valence-electron chi connectivity index (χ0n) is 15.4. The molecule has 0 fully saturated rings. The quantitative estimate of drug-likeness (QED) is 0.855. The molecular weight excluding hydrogens is 328 g/mol. The fourth-order valence-electron chi connectivity index (χ4n) is 3.35. The number of hydrogen-bond donors (Lipinski definition) is 1. The molecule has 0 radical (unpaired) electrons. The molecule has 5 heteroatoms. The van der Waals surface area contributed by atoms with Gasteiger partial charge in [-0.1, -0.05) is 24.3 Å². The summed E-state index contributed by atoms with van der Waals surface area (Å²) in [7, 11) is 1.34. The molecule has 1 N–H and O–H groups in total. The molecule has 0 aromatic heterocycles. The van der Waals surface area contributed by atoms with Crippen LogP contribution in [0.3, 0.4) is 0 Å². The first-order valence-corrected chi connectivity index (χ1v) is 8.83. The molecular formula is C21H24N2O3. The number of rotatable bonds is 4. The van der Waals surface area contributed by atoms with E-state index in [-0.39, 0.29) is 12.5 Å². The highest BCUT2D eigenvalue weighted by atomic mass is 16.5. The number of methoxy groups -OCH3 is 1. The number of anilines is 2. The van der Waals surface area contributed by atoms with Crippen LogP contribution in [-0.2, 0) is 16.0 Å². The first-order chi connectivity index (χ1) is 12.5. The zero-order valence-corrected chi connectivity index (χ0v) is 15.4. The van der Waals surface area contributed by atoms with E-state index in [0.29, 0.717) is 17.3 Å². The predicted molar refractivity (Wildman–Crippen MR) is 103 cm³/mol. The topological polar surface area (TPSA) is 58.6 Å². The Labute approximate surface area is 154 Å². The molecule has 0 saturated heterocycles. The summed E-state index contributed by atoms with van der Waals surface area (Å²) in [6.07, 6.45) is 2.07. The van der Waals surface area contributed by atoms with Gasteiger partial charge in [0.25, 0.3) is 0 Å². The van der Waals surface area contributed by atoms with Gasteiger partial charge in [0, 0.05) is 17.4 Å². The lowest BCUT2D eigenvalue weighted by atomic mass is 9.96. The third-order valence-corrected chi connectivity index (χ3v) is 4.91. The molecule has 2 aromatic carbocycles. The Bertz CT molecular complexity index is 832. The van der Waals surface area contributed by atoms with Gasteiger partial charge in [0.2, 0.25) is 5.91 Å². The van der Waals surface area contributed by atoms with Gasteiger partial charge in [-0.3, -0.25) is 4.79 Å². The van der Waals surface area contributed by atoms with Gasteiger partial charge >= 0.3 is 5.97 Å². The number of carbonyl (C=O) groups excluding carboxylic acids is 2. The Kier molecular flexibility index (Phi) is 5.26. The van der Waals surface area contributed by atoms with Crippen LogP contribution in [0.2, 0.25) is 0 Å². The molecule has 5 nitrogen and oxygen atoms in total. The lowest BCUT2D eigenvalue weighted by molar-refractivity contribution is -0.115. The molecule has 1 heterocycles. The van der Waals surface area contributed by atoms with Gasteiger partial charge in [-0.2, -0.15) is 0 Å². The summed E-state index contributed by atoms with van der Waals surface area (Å²) in [6.45, 7) is 4.32. The van der Waals surface area contributed by atoms with E-state index in [9.17, 15) is 9.59 Å². The minimum absolute atomic E-state index is 0.0985. The van der Waals surface area contributed by atoms with Crippen molar-refractivity contribution >= 4 is 23.3 Å². The third kappa shape index (κ3) is 3.72. The third-order valence-electron chi connectivity index (χ3n) is 4.91. The number of carbonyl (C=O) groups is 2. The molecule has 136 valence electrons. The second-order valence-corrected chi connectivity index (χ2v) is 6.71. The van der Waals surface area contributed by atoms with Crippen LogP contribution in [0.25, 0.3) is 0 Å². The van der Waals surface area contributed by atoms with Crippen molar-refractivity contribution in [2.45, 2.75) is 32.7 Å². The molecule has 1 aliphatic rings. The van der Waals surface area contributed by atoms with Gasteiger partial charge < -0.3 is 15.0 Å². The first-order valence-electron chi connectivity index (χ1n) is 8.83. The van der Waals surface area contributed by atoms with Gasteiger partial charge in [0.15, 0.2) is 0 Å². The van der Waals surface area contributed by atoms with Gasteiger partial charge in [-0.15, -0.1) is 0 Å². The standard InChI is InChI=1S/C21H24N2O3/c1-14-8-10-17(21(25)26-3)12-18(14)22-20(24)13-23-15(2)9-11-16-6-4-5-7-19(16)23/h4-8,10,12,15H,9,11,13H2,1-3H3,(H,22,24)/t15-/m1/s1. The van der Waals surface area contributed by atoms with Crippen LogP contribution < -0.4 is 10.2 Å². The second-order valence-electron chi connectivity index (χ2n) is 6.71. The minimum Gasteiger partial charge on any atom is -0.465 e. The van der Waals surface area contributed by atoms with E-state index in [0.717, 1.165) is 24.1 Å². The summed E-state index contributed by atoms with van der Waals surface area (Å²) in [5, 5.41) is 2.94. The molecule has 1 atom stereocenters. The molecule has 0 aliphatic carbocycles. The average molecular weight is 352 g/mol. The molecule has 2 aromatic rings. The number of nitrogens with zero attached hydrogens (tertiary/aromatic N) is 1. The normalized spacial score (nSPS) is 16.0. The monoisotopic (exact) mass is 352 g/mol. The maximum Gasteiger partial charge on any atom is 0.337 e. The van der Waals surface area contributed by atoms with E-state index in [4.69, 9.17) is 4.74 Å². The highest BCUT2D eigenvalue weighted by molar-refractivity contribution is 5.97. The van der Waals surface area contributed by atoms with Crippen LogP contribution in [0.5, 0.6) is 0 Å². The van der Waals surface area contributed by atoms with E-state index in [1.165, 1.54) is 12.7 Å². The van der Waals surface area contributed by atoms with Crippen molar-refractivity contribution in [1.29, 1.82) is 0 Å². The van der Waals surface area contributed by atoms with Crippen molar-refractivity contribution < 1.29 is 14.3 Å². The molecule has 1 amide bonds. The van der Waals surface area contributed by atoms with E-state index in [1.54, 1.807) is 18.2 Å². The van der Waals surface area contributed by atoms with Crippen molar-refractivity contribution in [1.82, 2.24) is 0 Å². The summed E-state index contributed by atoms with van der Waals surface area (Å²) in [5.41, 5.74) is 4.36. The summed E-state index contributed by atoms with van der Waals surface area (Å²) in [4.78, 5) is 26.5. The smallest absolute Gasteiger partial charge is 0.337 e. The Balaban J connectivity index is 1.76. The van der Waals surface area contributed by atoms with Gasteiger partial charge in [0.05, 0.1) is 19.2 Å². The highest BCUT2D eigenvalue weighted by Gasteiger charge is 2.24. The summed E-state index contributed by atoms with van der Waals surface area (Å²) >= 11 is 0. The number of amides is 1. The summed E-state index contributed by atoms with van der Waals surface area (Å²) < 4.78 is 4.75. The second kappa shape index (κ2) is 7.60. The van der Waals surface area contributed by atoms with Crippen molar-refractivity contribution in [3.63, 3.8) is 0 Å². The SMILES string of the molecule is COC(=O)c1ccc(C)c(NC(=O)CN2c3ccccc3CC[C@H]2C)c1. The lowest BCUT2D eigenvalue weighted by Gasteiger charge is -2.36. The van der Waals surface area contributed by atoms with E-state index < -0.39 is 5.97 Å². The molecule has 0 spiro atoms. The fourth-order valence-corrected chi connectivity index (χ4v) is 3.35. The minimum atomic E-state index is -0.418. The number of esters is 1. The summed E-state index contributed by atoms with van der Waals surface area (Å²) in [5.74, 6) is -0.516. The molecule has 0 saturated carbocycles. The van der Waals surface area contributed by atoms with E-state index in [2.05, 4.69) is 29.3 Å². The Morgan fingerprint density at radius 3 is 2.77 bits per heavy atom. The Hall–Kier alpha value is -2.82. The number of benzene rings is 2. The van der Waals surface area contributed by atoms with Crippen molar-refractivity contribution in [2.75, 3.05) is 23.9 Å². The predicted octanol–water partition coefficient (Wildman–Crippen LogP) is 3.56. The van der Waals surface area contributed by atoms with Crippen LogP contribution in [0.15, 0.2) is 42.5 Å². The van der Waals surface area contributed by atoms with Crippen LogP contribution in [0.1, 0.15) is 34.8 Å². The van der Waals surface area contributed by atoms with Crippen LogP contribution >= 0.6 is 0 Å². The number of nitrogens with one attached hydrogen (secondary N) is 1. The number of para-hydroxylation sites is 1. The molecule has 0 unspecified atom stereocenters. The van der Waals surface area contributed by atoms with Crippen molar-refractivity contribution in [3.05, 3.63) is 59.2 Å². The van der Waals surface area contributed by atoms with Crippen LogP contribution in [0, 0.1) is 6.92 Å². The summed E-state index contributed by atoms with van der Waals surface area (Å²) in [6, 6.07) is 13.7. The lowest BCUT2D eigenvalue weighted by Crippen LogP contribution is -2.42. The van der Waals surface area contributed by atoms with E-state index >= 15 is 0 Å². The maximum atomic E-state index is 12.7. The maximum absolute atomic E-state index is 12.7. The van der Waals surface area contributed by atoms with Crippen molar-refractivity contribution in [2.24, 2.45) is 0 Å².